The van der Waals surface area contributed by atoms with Crippen molar-refractivity contribution in [3.8, 4) is 0 Å². The summed E-state index contributed by atoms with van der Waals surface area (Å²) < 4.78 is 0. The van der Waals surface area contributed by atoms with Crippen LogP contribution in [-0.2, 0) is 4.79 Å². The van der Waals surface area contributed by atoms with E-state index < -0.39 is 0 Å². The molecule has 0 aromatic rings. The van der Waals surface area contributed by atoms with Crippen LogP contribution in [0.25, 0.3) is 0 Å². The summed E-state index contributed by atoms with van der Waals surface area (Å²) in [6.07, 6.45) is 5.17. The molecule has 3 rings (SSSR count). The maximum Gasteiger partial charge on any atom is 0.320 e. The first-order valence-corrected chi connectivity index (χ1v) is 8.32. The number of piperazine rings is 1. The summed E-state index contributed by atoms with van der Waals surface area (Å²) in [6.45, 7) is 5.69. The van der Waals surface area contributed by atoms with Crippen LogP contribution in [0.2, 0.25) is 0 Å². The molecule has 3 aliphatic rings. The summed E-state index contributed by atoms with van der Waals surface area (Å²) in [5.74, 6) is 0.152. The average molecular weight is 294 g/mol. The van der Waals surface area contributed by atoms with E-state index in [0.717, 1.165) is 71.5 Å². The van der Waals surface area contributed by atoms with Gasteiger partial charge >= 0.3 is 6.03 Å². The standard InChI is InChI=1S/C15H26N4O2/c20-14(17-11-6-16-7-12-17)13-5-4-10-19(13)15(21)18-8-2-1-3-9-18/h13,16H,1-12H2. The van der Waals surface area contributed by atoms with Crippen molar-refractivity contribution >= 4 is 11.9 Å². The van der Waals surface area contributed by atoms with Crippen LogP contribution in [0.15, 0.2) is 0 Å². The maximum absolute atomic E-state index is 12.7. The molecule has 0 spiro atoms. The van der Waals surface area contributed by atoms with Gasteiger partial charge in [-0.3, -0.25) is 4.79 Å². The highest BCUT2D eigenvalue weighted by Crippen LogP contribution is 2.22. The summed E-state index contributed by atoms with van der Waals surface area (Å²) in [5, 5.41) is 3.26. The van der Waals surface area contributed by atoms with Gasteiger partial charge in [0.05, 0.1) is 0 Å². The van der Waals surface area contributed by atoms with Crippen molar-refractivity contribution in [2.75, 3.05) is 45.8 Å². The van der Waals surface area contributed by atoms with Gasteiger partial charge in [-0.15, -0.1) is 0 Å². The second-order valence-electron chi connectivity index (χ2n) is 6.26. The molecule has 21 heavy (non-hydrogen) atoms. The quantitative estimate of drug-likeness (QED) is 0.766. The van der Waals surface area contributed by atoms with Gasteiger partial charge in [-0.1, -0.05) is 0 Å². The molecule has 0 saturated carbocycles. The highest BCUT2D eigenvalue weighted by atomic mass is 16.2. The first-order chi connectivity index (χ1) is 10.3. The summed E-state index contributed by atoms with van der Waals surface area (Å²) in [6, 6.07) is -0.141. The van der Waals surface area contributed by atoms with Crippen molar-refractivity contribution in [3.05, 3.63) is 0 Å². The normalized spacial score (nSPS) is 27.0. The van der Waals surface area contributed by atoms with E-state index in [9.17, 15) is 9.59 Å². The van der Waals surface area contributed by atoms with E-state index in [2.05, 4.69) is 5.32 Å². The zero-order valence-corrected chi connectivity index (χ0v) is 12.7. The molecule has 0 aromatic carbocycles. The number of nitrogens with one attached hydrogen (secondary N) is 1. The second-order valence-corrected chi connectivity index (χ2v) is 6.26. The number of urea groups is 1. The van der Waals surface area contributed by atoms with E-state index in [-0.39, 0.29) is 18.0 Å². The molecule has 118 valence electrons. The van der Waals surface area contributed by atoms with Crippen molar-refractivity contribution < 1.29 is 9.59 Å². The van der Waals surface area contributed by atoms with Gasteiger partial charge in [-0.25, -0.2) is 4.79 Å². The third kappa shape index (κ3) is 3.15. The molecule has 0 aliphatic carbocycles. The lowest BCUT2D eigenvalue weighted by atomic mass is 10.1. The third-order valence-electron chi connectivity index (χ3n) is 4.84. The second kappa shape index (κ2) is 6.64. The van der Waals surface area contributed by atoms with Crippen LogP contribution in [0, 0.1) is 0 Å². The van der Waals surface area contributed by atoms with E-state index >= 15 is 0 Å². The smallest absolute Gasteiger partial charge is 0.320 e. The van der Waals surface area contributed by atoms with Gasteiger partial charge < -0.3 is 20.0 Å². The number of carbonyl (C=O) groups excluding carboxylic acids is 2. The monoisotopic (exact) mass is 294 g/mol. The van der Waals surface area contributed by atoms with Gasteiger partial charge in [-0.2, -0.15) is 0 Å². The first-order valence-electron chi connectivity index (χ1n) is 8.32. The number of likely N-dealkylation sites (tertiary alicyclic amines) is 2. The fraction of sp³-hybridized carbons (Fsp3) is 0.867. The van der Waals surface area contributed by atoms with Crippen molar-refractivity contribution in [1.82, 2.24) is 20.0 Å². The number of hydrogen-bond acceptors (Lipinski definition) is 3. The van der Waals surface area contributed by atoms with E-state index in [4.69, 9.17) is 0 Å². The number of amides is 3. The predicted octanol–water partition coefficient (Wildman–Crippen LogP) is 0.489. The SMILES string of the molecule is O=C(C1CCCN1C(=O)N1CCCCC1)N1CCNCC1. The fourth-order valence-corrected chi connectivity index (χ4v) is 3.62. The Morgan fingerprint density at radius 1 is 0.810 bits per heavy atom. The van der Waals surface area contributed by atoms with Crippen LogP contribution < -0.4 is 5.32 Å². The Kier molecular flexibility index (Phi) is 4.63. The van der Waals surface area contributed by atoms with Crippen molar-refractivity contribution in [2.24, 2.45) is 0 Å². The number of rotatable bonds is 1. The molecule has 0 aromatic heterocycles. The number of nitrogens with zero attached hydrogens (tertiary/aromatic N) is 3. The Labute approximate surface area is 126 Å². The largest absolute Gasteiger partial charge is 0.338 e. The number of hydrogen-bond donors (Lipinski definition) is 1. The predicted molar refractivity (Wildman–Crippen MR) is 80.0 cm³/mol. The molecular weight excluding hydrogens is 268 g/mol. The Morgan fingerprint density at radius 2 is 1.52 bits per heavy atom. The lowest BCUT2D eigenvalue weighted by Gasteiger charge is -2.36. The summed E-state index contributed by atoms with van der Waals surface area (Å²) in [5.41, 5.74) is 0. The van der Waals surface area contributed by atoms with Crippen LogP contribution >= 0.6 is 0 Å². The molecule has 1 atom stereocenters. The summed E-state index contributed by atoms with van der Waals surface area (Å²) in [4.78, 5) is 31.0. The van der Waals surface area contributed by atoms with Gasteiger partial charge in [0, 0.05) is 45.8 Å². The van der Waals surface area contributed by atoms with Gasteiger partial charge in [0.15, 0.2) is 0 Å². The Balaban J connectivity index is 1.63. The molecule has 3 fully saturated rings. The van der Waals surface area contributed by atoms with Crippen LogP contribution in [-0.4, -0.2) is 78.5 Å². The highest BCUT2D eigenvalue weighted by Gasteiger charge is 2.38. The highest BCUT2D eigenvalue weighted by molar-refractivity contribution is 5.87. The van der Waals surface area contributed by atoms with Crippen molar-refractivity contribution in [1.29, 1.82) is 0 Å². The molecule has 3 saturated heterocycles. The van der Waals surface area contributed by atoms with Gasteiger partial charge in [0.25, 0.3) is 0 Å². The van der Waals surface area contributed by atoms with Crippen LogP contribution in [0.3, 0.4) is 0 Å². The first kappa shape index (κ1) is 14.6. The Hall–Kier alpha value is -1.30. The molecule has 3 amide bonds. The minimum atomic E-state index is -0.225. The zero-order valence-electron chi connectivity index (χ0n) is 12.7. The lowest BCUT2D eigenvalue weighted by molar-refractivity contribution is -0.135. The van der Waals surface area contributed by atoms with E-state index in [1.54, 1.807) is 0 Å². The number of carbonyl (C=O) groups is 2. The maximum atomic E-state index is 12.7. The third-order valence-corrected chi connectivity index (χ3v) is 4.84. The van der Waals surface area contributed by atoms with Crippen molar-refractivity contribution in [3.63, 3.8) is 0 Å². The Morgan fingerprint density at radius 3 is 2.24 bits per heavy atom. The van der Waals surface area contributed by atoms with Gasteiger partial charge in [-0.05, 0) is 32.1 Å². The zero-order chi connectivity index (χ0) is 14.7. The van der Waals surface area contributed by atoms with Crippen molar-refractivity contribution in [2.45, 2.75) is 38.1 Å². The lowest BCUT2D eigenvalue weighted by Crippen LogP contribution is -2.55. The van der Waals surface area contributed by atoms with Gasteiger partial charge in [0.1, 0.15) is 6.04 Å². The van der Waals surface area contributed by atoms with Crippen LogP contribution in [0.1, 0.15) is 32.1 Å². The molecule has 3 heterocycles. The molecule has 0 bridgehead atoms. The van der Waals surface area contributed by atoms with E-state index in [1.807, 2.05) is 14.7 Å². The molecule has 6 heteroatoms. The van der Waals surface area contributed by atoms with Crippen LogP contribution in [0.4, 0.5) is 4.79 Å². The Bertz CT molecular complexity index is 353. The van der Waals surface area contributed by atoms with Crippen LogP contribution in [0.5, 0.6) is 0 Å². The minimum absolute atomic E-state index is 0.0840. The van der Waals surface area contributed by atoms with E-state index in [0.29, 0.717) is 0 Å². The number of piperidine rings is 1. The van der Waals surface area contributed by atoms with Gasteiger partial charge in [0.2, 0.25) is 5.91 Å². The molecule has 0 radical (unpaired) electrons. The minimum Gasteiger partial charge on any atom is -0.338 e. The summed E-state index contributed by atoms with van der Waals surface area (Å²) >= 11 is 0. The summed E-state index contributed by atoms with van der Waals surface area (Å²) in [7, 11) is 0. The fourth-order valence-electron chi connectivity index (χ4n) is 3.62. The molecule has 6 nitrogen and oxygen atoms in total. The molecule has 1 unspecified atom stereocenters. The van der Waals surface area contributed by atoms with E-state index in [1.165, 1.54) is 6.42 Å². The molecule has 1 N–H and O–H groups in total. The molecular formula is C15H26N4O2. The topological polar surface area (TPSA) is 55.9 Å². The molecule has 3 aliphatic heterocycles. The average Bonchev–Trinajstić information content (AvgIpc) is 3.04.